The maximum absolute atomic E-state index is 9.62. The first-order valence-corrected chi connectivity index (χ1v) is 2.26. The molecule has 0 unspecified atom stereocenters. The van der Waals surface area contributed by atoms with E-state index in [1.165, 1.54) is 0 Å². The average Bonchev–Trinajstić information content (AvgIpc) is 1.65. The molecule has 0 aliphatic rings. The van der Waals surface area contributed by atoms with E-state index in [0.717, 1.165) is 6.20 Å². The minimum atomic E-state index is -0.557. The van der Waals surface area contributed by atoms with Gasteiger partial charge in [0.05, 0.1) is 10.6 Å². The second kappa shape index (κ2) is 3.01. The largest absolute Gasteiger partial charge is 0.397 e. The van der Waals surface area contributed by atoms with Gasteiger partial charge in [-0.15, -0.1) is 0 Å². The fourth-order valence-electron chi connectivity index (χ4n) is 0.227. The molecule has 0 spiro atoms. The fourth-order valence-corrected chi connectivity index (χ4v) is 0.227. The predicted molar refractivity (Wildman–Crippen MR) is 29.6 cm³/mol. The van der Waals surface area contributed by atoms with Crippen LogP contribution in [0.15, 0.2) is 11.9 Å². The maximum Gasteiger partial charge on any atom is 0.252 e. The number of rotatable bonds is 2. The molecular formula is C4H8N2O2. The van der Waals surface area contributed by atoms with E-state index in [-0.39, 0.29) is 0 Å². The molecule has 0 aliphatic carbocycles. The highest BCUT2D eigenvalue weighted by Gasteiger charge is 1.90. The average molecular weight is 116 g/mol. The summed E-state index contributed by atoms with van der Waals surface area (Å²) in [7, 11) is 0. The van der Waals surface area contributed by atoms with Crippen molar-refractivity contribution >= 4 is 0 Å². The SMILES string of the molecule is CCC(N)=C[N+](=O)[O-]. The van der Waals surface area contributed by atoms with Crippen molar-refractivity contribution in [2.75, 3.05) is 0 Å². The Bertz CT molecular complexity index is 119. The number of nitrogens with two attached hydrogens (primary N) is 1. The monoisotopic (exact) mass is 116 g/mol. The predicted octanol–water partition coefficient (Wildman–Crippen LogP) is 0.473. The van der Waals surface area contributed by atoms with Crippen molar-refractivity contribution in [2.45, 2.75) is 13.3 Å². The van der Waals surface area contributed by atoms with Crippen molar-refractivity contribution < 1.29 is 4.92 Å². The van der Waals surface area contributed by atoms with Gasteiger partial charge in [-0.25, -0.2) is 0 Å². The standard InChI is InChI=1S/C4H8N2O2/c1-2-4(5)3-6(7)8/h3H,2,5H2,1H3. The van der Waals surface area contributed by atoms with Crippen LogP contribution in [0.4, 0.5) is 0 Å². The second-order valence-corrected chi connectivity index (χ2v) is 1.34. The van der Waals surface area contributed by atoms with Gasteiger partial charge in [0.25, 0.3) is 6.20 Å². The summed E-state index contributed by atoms with van der Waals surface area (Å²) in [6.45, 7) is 1.76. The Morgan fingerprint density at radius 2 is 2.50 bits per heavy atom. The van der Waals surface area contributed by atoms with Crippen molar-refractivity contribution in [3.63, 3.8) is 0 Å². The van der Waals surface area contributed by atoms with Crippen LogP contribution in [0.1, 0.15) is 13.3 Å². The van der Waals surface area contributed by atoms with Gasteiger partial charge in [-0.1, -0.05) is 6.92 Å². The normalized spacial score (nSPS) is 11.4. The van der Waals surface area contributed by atoms with E-state index >= 15 is 0 Å². The molecule has 0 atom stereocenters. The Balaban J connectivity index is 3.75. The van der Waals surface area contributed by atoms with E-state index in [4.69, 9.17) is 5.73 Å². The van der Waals surface area contributed by atoms with Crippen molar-refractivity contribution in [2.24, 2.45) is 5.73 Å². The van der Waals surface area contributed by atoms with E-state index in [9.17, 15) is 10.1 Å². The zero-order valence-electron chi connectivity index (χ0n) is 4.63. The van der Waals surface area contributed by atoms with Gasteiger partial charge >= 0.3 is 0 Å². The third kappa shape index (κ3) is 3.14. The Morgan fingerprint density at radius 1 is 2.00 bits per heavy atom. The zero-order chi connectivity index (χ0) is 6.57. The first kappa shape index (κ1) is 6.94. The summed E-state index contributed by atoms with van der Waals surface area (Å²) in [4.78, 5) is 9.06. The van der Waals surface area contributed by atoms with Crippen LogP contribution in [-0.4, -0.2) is 4.92 Å². The van der Waals surface area contributed by atoms with E-state index in [2.05, 4.69) is 0 Å². The van der Waals surface area contributed by atoms with Crippen LogP contribution < -0.4 is 5.73 Å². The second-order valence-electron chi connectivity index (χ2n) is 1.34. The van der Waals surface area contributed by atoms with Gasteiger partial charge in [0.2, 0.25) is 0 Å². The zero-order valence-corrected chi connectivity index (χ0v) is 4.63. The van der Waals surface area contributed by atoms with Gasteiger partial charge in [-0.05, 0) is 6.42 Å². The third-order valence-electron chi connectivity index (χ3n) is 0.679. The van der Waals surface area contributed by atoms with Gasteiger partial charge in [0, 0.05) is 0 Å². The Hall–Kier alpha value is -1.06. The third-order valence-corrected chi connectivity index (χ3v) is 0.679. The summed E-state index contributed by atoms with van der Waals surface area (Å²) in [5.41, 5.74) is 5.39. The van der Waals surface area contributed by atoms with E-state index in [1.807, 2.05) is 0 Å². The summed E-state index contributed by atoms with van der Waals surface area (Å²) >= 11 is 0. The summed E-state index contributed by atoms with van der Waals surface area (Å²) < 4.78 is 0. The molecular weight excluding hydrogens is 108 g/mol. The lowest BCUT2D eigenvalue weighted by molar-refractivity contribution is -0.403. The number of nitrogens with zero attached hydrogens (tertiary/aromatic N) is 1. The minimum absolute atomic E-state index is 0.301. The lowest BCUT2D eigenvalue weighted by Gasteiger charge is -1.85. The summed E-state index contributed by atoms with van der Waals surface area (Å²) in [6.07, 6.45) is 1.33. The van der Waals surface area contributed by atoms with E-state index in [1.54, 1.807) is 6.92 Å². The molecule has 0 aromatic carbocycles. The Kier molecular flexibility index (Phi) is 2.61. The Labute approximate surface area is 47.1 Å². The first-order valence-electron chi connectivity index (χ1n) is 2.26. The number of hydrogen-bond acceptors (Lipinski definition) is 3. The highest BCUT2D eigenvalue weighted by Crippen LogP contribution is 1.88. The van der Waals surface area contributed by atoms with Crippen LogP contribution in [0.3, 0.4) is 0 Å². The van der Waals surface area contributed by atoms with E-state index < -0.39 is 4.92 Å². The molecule has 2 N–H and O–H groups in total. The summed E-state index contributed by atoms with van der Waals surface area (Å²) in [5, 5.41) is 9.62. The molecule has 0 saturated heterocycles. The number of hydrogen-bond donors (Lipinski definition) is 1. The van der Waals surface area contributed by atoms with Crippen LogP contribution in [-0.2, 0) is 0 Å². The minimum Gasteiger partial charge on any atom is -0.397 e. The lowest BCUT2D eigenvalue weighted by atomic mass is 10.4. The smallest absolute Gasteiger partial charge is 0.252 e. The van der Waals surface area contributed by atoms with Crippen molar-refractivity contribution in [3.8, 4) is 0 Å². The van der Waals surface area contributed by atoms with Gasteiger partial charge in [-0.2, -0.15) is 0 Å². The molecule has 0 rings (SSSR count). The summed E-state index contributed by atoms with van der Waals surface area (Å²) in [6, 6.07) is 0. The fraction of sp³-hybridized carbons (Fsp3) is 0.500. The molecule has 0 aliphatic heterocycles. The maximum atomic E-state index is 9.62. The van der Waals surface area contributed by atoms with Crippen molar-refractivity contribution in [1.82, 2.24) is 0 Å². The molecule has 46 valence electrons. The molecule has 0 fully saturated rings. The van der Waals surface area contributed by atoms with Gasteiger partial charge in [0.15, 0.2) is 0 Å². The van der Waals surface area contributed by atoms with Crippen LogP contribution in [0, 0.1) is 10.1 Å². The van der Waals surface area contributed by atoms with Gasteiger partial charge in [0.1, 0.15) is 0 Å². The number of allylic oxidation sites excluding steroid dienone is 1. The molecule has 4 nitrogen and oxygen atoms in total. The molecule has 0 aromatic heterocycles. The molecule has 0 heterocycles. The molecule has 4 heteroatoms. The highest BCUT2D eigenvalue weighted by molar-refractivity contribution is 4.87. The van der Waals surface area contributed by atoms with E-state index in [0.29, 0.717) is 12.1 Å². The summed E-state index contributed by atoms with van der Waals surface area (Å²) in [5.74, 6) is 0. The van der Waals surface area contributed by atoms with Gasteiger partial charge in [-0.3, -0.25) is 10.1 Å². The number of nitro groups is 1. The molecule has 0 bridgehead atoms. The molecule has 0 aromatic rings. The molecule has 8 heavy (non-hydrogen) atoms. The van der Waals surface area contributed by atoms with Crippen LogP contribution in [0.2, 0.25) is 0 Å². The molecule has 0 saturated carbocycles. The van der Waals surface area contributed by atoms with Crippen LogP contribution >= 0.6 is 0 Å². The van der Waals surface area contributed by atoms with Crippen LogP contribution in [0.5, 0.6) is 0 Å². The lowest BCUT2D eigenvalue weighted by Crippen LogP contribution is -1.98. The molecule has 0 radical (unpaired) electrons. The Morgan fingerprint density at radius 3 is 2.62 bits per heavy atom. The first-order chi connectivity index (χ1) is 3.66. The van der Waals surface area contributed by atoms with Crippen molar-refractivity contribution in [3.05, 3.63) is 22.0 Å². The van der Waals surface area contributed by atoms with Gasteiger partial charge < -0.3 is 5.73 Å². The quantitative estimate of drug-likeness (QED) is 0.421. The topological polar surface area (TPSA) is 69.2 Å². The molecule has 0 amide bonds. The van der Waals surface area contributed by atoms with Crippen LogP contribution in [0.25, 0.3) is 0 Å². The highest BCUT2D eigenvalue weighted by atomic mass is 16.6. The van der Waals surface area contributed by atoms with Crippen molar-refractivity contribution in [1.29, 1.82) is 0 Å².